The number of rotatable bonds is 4. The predicted molar refractivity (Wildman–Crippen MR) is 80.8 cm³/mol. The van der Waals surface area contributed by atoms with E-state index in [0.29, 0.717) is 30.9 Å². The summed E-state index contributed by atoms with van der Waals surface area (Å²) in [6, 6.07) is 9.35. The third-order valence-corrected chi connectivity index (χ3v) is 3.75. The number of nitrogens with one attached hydrogen (secondary N) is 2. The number of nitrogens with zero attached hydrogens (tertiary/aromatic N) is 1. The fourth-order valence-electron chi connectivity index (χ4n) is 2.62. The molecule has 0 aliphatic carbocycles. The number of carbonyl (C=O) groups excluding carboxylic acids is 1. The van der Waals surface area contributed by atoms with Gasteiger partial charge in [0.05, 0.1) is 0 Å². The largest absolute Gasteiger partial charge is 0.339 e. The molecule has 1 amide bonds. The minimum absolute atomic E-state index is 0.0822. The maximum atomic E-state index is 12.3. The molecule has 1 fully saturated rings. The number of amides is 1. The van der Waals surface area contributed by atoms with Crippen molar-refractivity contribution in [2.24, 2.45) is 5.92 Å². The molecule has 1 aliphatic heterocycles. The van der Waals surface area contributed by atoms with Gasteiger partial charge in [0.1, 0.15) is 0 Å². The van der Waals surface area contributed by atoms with Gasteiger partial charge in [-0.1, -0.05) is 18.2 Å². The number of hydrogen-bond acceptors (Lipinski definition) is 3. The highest BCUT2D eigenvalue weighted by Gasteiger charge is 2.25. The van der Waals surface area contributed by atoms with E-state index in [2.05, 4.69) is 0 Å². The molecule has 0 spiro atoms. The maximum absolute atomic E-state index is 12.3. The summed E-state index contributed by atoms with van der Waals surface area (Å²) in [7, 11) is 0. The quantitative estimate of drug-likeness (QED) is 0.812. The molecule has 1 aromatic carbocycles. The van der Waals surface area contributed by atoms with Crippen LogP contribution < -0.4 is 0 Å². The Morgan fingerprint density at radius 1 is 1.20 bits per heavy atom. The van der Waals surface area contributed by atoms with Crippen LogP contribution in [0.5, 0.6) is 0 Å². The predicted octanol–water partition coefficient (Wildman–Crippen LogP) is 2.99. The molecule has 0 bridgehead atoms. The van der Waals surface area contributed by atoms with Crippen molar-refractivity contribution in [3.63, 3.8) is 0 Å². The fourth-order valence-corrected chi connectivity index (χ4v) is 2.62. The smallest absolute Gasteiger partial charge is 0.253 e. The van der Waals surface area contributed by atoms with Crippen molar-refractivity contribution in [3.8, 4) is 0 Å². The monoisotopic (exact) mass is 271 g/mol. The lowest BCUT2D eigenvalue weighted by Crippen LogP contribution is -2.40. The normalized spacial score (nSPS) is 15.9. The van der Waals surface area contributed by atoms with E-state index in [4.69, 9.17) is 10.8 Å². The van der Waals surface area contributed by atoms with E-state index < -0.39 is 0 Å². The minimum atomic E-state index is 0.0822. The maximum Gasteiger partial charge on any atom is 0.253 e. The van der Waals surface area contributed by atoms with Crippen LogP contribution in [0.3, 0.4) is 0 Å². The molecule has 2 N–H and O–H groups in total. The zero-order valence-corrected chi connectivity index (χ0v) is 11.9. The molecular weight excluding hydrogens is 250 g/mol. The van der Waals surface area contributed by atoms with Gasteiger partial charge in [0, 0.05) is 42.4 Å². The average molecular weight is 271 g/mol. The zero-order chi connectivity index (χ0) is 14.5. The fraction of sp³-hybridized carbons (Fsp3) is 0.438. The van der Waals surface area contributed by atoms with Gasteiger partial charge < -0.3 is 15.7 Å². The first-order chi connectivity index (χ1) is 9.58. The van der Waals surface area contributed by atoms with Crippen molar-refractivity contribution < 1.29 is 4.79 Å². The highest BCUT2D eigenvalue weighted by Crippen LogP contribution is 2.21. The first kappa shape index (κ1) is 14.4. The Bertz CT molecular complexity index is 502. The Kier molecular flexibility index (Phi) is 4.66. The standard InChI is InChI=1S/C16H21N3O/c1-12(17)11-15(18)13-7-9-19(10-8-13)16(20)14-5-3-2-4-6-14/h2-6,13,17-18H,7-11H2,1H3. The Hall–Kier alpha value is -1.97. The molecule has 0 radical (unpaired) electrons. The molecule has 0 aromatic heterocycles. The second-order valence-electron chi connectivity index (χ2n) is 5.41. The van der Waals surface area contributed by atoms with Crippen LogP contribution in [0.2, 0.25) is 0 Å². The molecule has 4 nitrogen and oxygen atoms in total. The van der Waals surface area contributed by atoms with E-state index in [1.165, 1.54) is 0 Å². The first-order valence-electron chi connectivity index (χ1n) is 7.03. The van der Waals surface area contributed by atoms with Crippen LogP contribution in [0.15, 0.2) is 30.3 Å². The van der Waals surface area contributed by atoms with Crippen LogP contribution in [-0.2, 0) is 0 Å². The van der Waals surface area contributed by atoms with E-state index in [0.717, 1.165) is 18.4 Å². The summed E-state index contributed by atoms with van der Waals surface area (Å²) < 4.78 is 0. The summed E-state index contributed by atoms with van der Waals surface area (Å²) in [4.78, 5) is 14.2. The van der Waals surface area contributed by atoms with E-state index in [1.807, 2.05) is 35.2 Å². The van der Waals surface area contributed by atoms with Gasteiger partial charge in [0.25, 0.3) is 5.91 Å². The molecule has 0 saturated carbocycles. The topological polar surface area (TPSA) is 68.0 Å². The molecule has 0 atom stereocenters. The summed E-state index contributed by atoms with van der Waals surface area (Å²) in [5.74, 6) is 0.314. The van der Waals surface area contributed by atoms with Crippen LogP contribution in [-0.4, -0.2) is 35.3 Å². The SMILES string of the molecule is CC(=N)CC(=N)C1CCN(C(=O)c2ccccc2)CC1. The van der Waals surface area contributed by atoms with Gasteiger partial charge in [-0.25, -0.2) is 0 Å². The van der Waals surface area contributed by atoms with Gasteiger partial charge in [-0.2, -0.15) is 0 Å². The van der Waals surface area contributed by atoms with Crippen LogP contribution in [0.1, 0.15) is 36.5 Å². The number of piperidine rings is 1. The molecule has 4 heteroatoms. The lowest BCUT2D eigenvalue weighted by atomic mass is 9.89. The summed E-state index contributed by atoms with van der Waals surface area (Å²) in [6.45, 7) is 3.15. The number of hydrogen-bond donors (Lipinski definition) is 2. The van der Waals surface area contributed by atoms with Crippen LogP contribution in [0.25, 0.3) is 0 Å². The van der Waals surface area contributed by atoms with Crippen molar-refractivity contribution in [1.82, 2.24) is 4.90 Å². The average Bonchev–Trinajstić information content (AvgIpc) is 2.47. The summed E-state index contributed by atoms with van der Waals surface area (Å²) >= 11 is 0. The molecular formula is C16H21N3O. The van der Waals surface area contributed by atoms with Crippen LogP contribution in [0.4, 0.5) is 0 Å². The van der Waals surface area contributed by atoms with Crippen molar-refractivity contribution in [2.45, 2.75) is 26.2 Å². The van der Waals surface area contributed by atoms with Gasteiger partial charge >= 0.3 is 0 Å². The van der Waals surface area contributed by atoms with E-state index >= 15 is 0 Å². The van der Waals surface area contributed by atoms with Gasteiger partial charge in [-0.05, 0) is 31.9 Å². The molecule has 2 rings (SSSR count). The lowest BCUT2D eigenvalue weighted by Gasteiger charge is -2.32. The summed E-state index contributed by atoms with van der Waals surface area (Å²) in [6.07, 6.45) is 2.15. The Morgan fingerprint density at radius 3 is 2.35 bits per heavy atom. The molecule has 20 heavy (non-hydrogen) atoms. The summed E-state index contributed by atoms with van der Waals surface area (Å²) in [5, 5.41) is 15.5. The second-order valence-corrected chi connectivity index (χ2v) is 5.41. The first-order valence-corrected chi connectivity index (χ1v) is 7.03. The van der Waals surface area contributed by atoms with Gasteiger partial charge in [0.15, 0.2) is 0 Å². The minimum Gasteiger partial charge on any atom is -0.339 e. The van der Waals surface area contributed by atoms with Crippen LogP contribution in [0, 0.1) is 16.7 Å². The molecule has 1 aliphatic rings. The molecule has 0 unspecified atom stereocenters. The summed E-state index contributed by atoms with van der Waals surface area (Å²) in [5.41, 5.74) is 1.92. The van der Waals surface area contributed by atoms with Crippen molar-refractivity contribution in [2.75, 3.05) is 13.1 Å². The zero-order valence-electron chi connectivity index (χ0n) is 11.9. The van der Waals surface area contributed by atoms with Crippen LogP contribution >= 0.6 is 0 Å². The third-order valence-electron chi connectivity index (χ3n) is 3.75. The molecule has 1 heterocycles. The van der Waals surface area contributed by atoms with Gasteiger partial charge in [-0.15, -0.1) is 0 Å². The highest BCUT2D eigenvalue weighted by atomic mass is 16.2. The Labute approximate surface area is 119 Å². The number of benzene rings is 1. The Balaban J connectivity index is 1.90. The molecule has 1 aromatic rings. The van der Waals surface area contributed by atoms with Crippen molar-refractivity contribution >= 4 is 17.3 Å². The second kappa shape index (κ2) is 6.46. The van der Waals surface area contributed by atoms with Crippen molar-refractivity contribution in [3.05, 3.63) is 35.9 Å². The van der Waals surface area contributed by atoms with E-state index in [1.54, 1.807) is 6.92 Å². The number of likely N-dealkylation sites (tertiary alicyclic amines) is 1. The third kappa shape index (κ3) is 3.53. The molecule has 106 valence electrons. The van der Waals surface area contributed by atoms with Gasteiger partial charge in [-0.3, -0.25) is 4.79 Å². The number of carbonyl (C=O) groups is 1. The highest BCUT2D eigenvalue weighted by molar-refractivity contribution is 6.02. The van der Waals surface area contributed by atoms with E-state index in [9.17, 15) is 4.79 Å². The Morgan fingerprint density at radius 2 is 1.80 bits per heavy atom. The lowest BCUT2D eigenvalue weighted by molar-refractivity contribution is 0.0709. The molecule has 1 saturated heterocycles. The van der Waals surface area contributed by atoms with Gasteiger partial charge in [0.2, 0.25) is 0 Å². The van der Waals surface area contributed by atoms with Crippen molar-refractivity contribution in [1.29, 1.82) is 10.8 Å². The van der Waals surface area contributed by atoms with E-state index in [-0.39, 0.29) is 11.8 Å².